The lowest BCUT2D eigenvalue weighted by Crippen LogP contribution is -2.19. The molecule has 0 saturated carbocycles. The molecule has 2 rings (SSSR count). The maximum Gasteiger partial charge on any atom is 0.124 e. The van der Waals surface area contributed by atoms with Crippen LogP contribution in [0, 0.1) is 5.82 Å². The molecule has 0 aromatic heterocycles. The first-order valence-corrected chi connectivity index (χ1v) is 7.69. The second-order valence-corrected chi connectivity index (χ2v) is 6.12. The lowest BCUT2D eigenvalue weighted by atomic mass is 9.98. The van der Waals surface area contributed by atoms with Gasteiger partial charge in [0.05, 0.1) is 0 Å². The van der Waals surface area contributed by atoms with Crippen molar-refractivity contribution in [2.24, 2.45) is 0 Å². The average Bonchev–Trinajstić information content (AvgIpc) is 2.46. The van der Waals surface area contributed by atoms with Gasteiger partial charge in [0.1, 0.15) is 5.82 Å². The van der Waals surface area contributed by atoms with Crippen molar-refractivity contribution < 1.29 is 4.39 Å². The fourth-order valence-corrected chi connectivity index (χ4v) is 2.83. The zero-order valence-corrected chi connectivity index (χ0v) is 14.1. The zero-order valence-electron chi connectivity index (χ0n) is 12.5. The highest BCUT2D eigenvalue weighted by Gasteiger charge is 2.13. The lowest BCUT2D eigenvalue weighted by molar-refractivity contribution is 0.587. The summed E-state index contributed by atoms with van der Waals surface area (Å²) in [5.74, 6) is -0.221. The van der Waals surface area contributed by atoms with Gasteiger partial charge in [-0.25, -0.2) is 4.39 Å². The van der Waals surface area contributed by atoms with Crippen molar-refractivity contribution in [3.8, 4) is 0 Å². The predicted octanol–water partition coefficient (Wildman–Crippen LogP) is 4.16. The third-order valence-corrected chi connectivity index (χ3v) is 4.31. The number of nitrogens with zero attached hydrogens (tertiary/aromatic N) is 1. The Balaban J connectivity index is 2.25. The van der Waals surface area contributed by atoms with Gasteiger partial charge in [-0.15, -0.1) is 0 Å². The first-order valence-electron chi connectivity index (χ1n) is 6.89. The van der Waals surface area contributed by atoms with Gasteiger partial charge in [-0.05, 0) is 48.9 Å². The van der Waals surface area contributed by atoms with Crippen LogP contribution < -0.4 is 10.2 Å². The van der Waals surface area contributed by atoms with Crippen molar-refractivity contribution in [2.75, 3.05) is 26.0 Å². The molecule has 1 unspecified atom stereocenters. The summed E-state index contributed by atoms with van der Waals surface area (Å²) in [6.07, 6.45) is 0.800. The van der Waals surface area contributed by atoms with Crippen molar-refractivity contribution in [1.82, 2.24) is 5.32 Å². The monoisotopic (exact) mass is 350 g/mol. The molecule has 1 atom stereocenters. The first-order chi connectivity index (χ1) is 10.0. The maximum atomic E-state index is 13.2. The number of hydrogen-bond acceptors (Lipinski definition) is 2. The van der Waals surface area contributed by atoms with Gasteiger partial charge >= 0.3 is 0 Å². The van der Waals surface area contributed by atoms with E-state index in [1.54, 1.807) is 0 Å². The molecule has 4 heteroatoms. The quantitative estimate of drug-likeness (QED) is 0.870. The molecule has 0 amide bonds. The van der Waals surface area contributed by atoms with Crippen molar-refractivity contribution in [3.05, 3.63) is 63.9 Å². The summed E-state index contributed by atoms with van der Waals surface area (Å²) in [7, 11) is 6.01. The molecule has 2 nitrogen and oxygen atoms in total. The van der Waals surface area contributed by atoms with Gasteiger partial charge < -0.3 is 10.2 Å². The summed E-state index contributed by atoms with van der Waals surface area (Å²) in [6.45, 7) is 0. The van der Waals surface area contributed by atoms with Crippen molar-refractivity contribution in [1.29, 1.82) is 0 Å². The molecule has 0 heterocycles. The van der Waals surface area contributed by atoms with E-state index < -0.39 is 0 Å². The Morgan fingerprint density at radius 3 is 2.57 bits per heavy atom. The number of benzene rings is 2. The van der Waals surface area contributed by atoms with Gasteiger partial charge in [-0.3, -0.25) is 0 Å². The first kappa shape index (κ1) is 16.0. The summed E-state index contributed by atoms with van der Waals surface area (Å²) in [6, 6.07) is 13.5. The molecule has 0 spiro atoms. The molecule has 0 saturated heterocycles. The number of likely N-dealkylation sites (N-methyl/N-ethyl adjacent to an activating group) is 1. The SMILES string of the molecule is CNC(Cc1ccc(F)cc1Br)c1cccc(N(C)C)c1. The van der Waals surface area contributed by atoms with E-state index in [0.717, 1.165) is 16.5 Å². The van der Waals surface area contributed by atoms with E-state index in [0.29, 0.717) is 0 Å². The van der Waals surface area contributed by atoms with Crippen molar-refractivity contribution in [3.63, 3.8) is 0 Å². The summed E-state index contributed by atoms with van der Waals surface area (Å²) >= 11 is 3.44. The van der Waals surface area contributed by atoms with E-state index in [9.17, 15) is 4.39 Å². The highest BCUT2D eigenvalue weighted by Crippen LogP contribution is 2.26. The fraction of sp³-hybridized carbons (Fsp3) is 0.294. The normalized spacial score (nSPS) is 12.2. The van der Waals surface area contributed by atoms with Crippen LogP contribution in [0.2, 0.25) is 0 Å². The Bertz CT molecular complexity index is 613. The van der Waals surface area contributed by atoms with Gasteiger partial charge in [-0.2, -0.15) is 0 Å². The van der Waals surface area contributed by atoms with Crippen LogP contribution in [0.15, 0.2) is 46.9 Å². The molecule has 2 aromatic rings. The molecular formula is C17H20BrFN2. The van der Waals surface area contributed by atoms with Crippen LogP contribution in [0.1, 0.15) is 17.2 Å². The minimum absolute atomic E-state index is 0.187. The standard InChI is InChI=1S/C17H20BrFN2/c1-20-17(10-12-7-8-14(19)11-16(12)18)13-5-4-6-15(9-13)21(2)3/h4-9,11,17,20H,10H2,1-3H3. The van der Waals surface area contributed by atoms with Crippen LogP contribution in [-0.4, -0.2) is 21.1 Å². The maximum absolute atomic E-state index is 13.2. The molecule has 0 bridgehead atoms. The van der Waals surface area contributed by atoms with E-state index in [1.165, 1.54) is 23.4 Å². The molecule has 2 aromatic carbocycles. The number of hydrogen-bond donors (Lipinski definition) is 1. The third-order valence-electron chi connectivity index (χ3n) is 3.58. The summed E-state index contributed by atoms with van der Waals surface area (Å²) in [5, 5.41) is 3.34. The summed E-state index contributed by atoms with van der Waals surface area (Å²) in [4.78, 5) is 2.09. The van der Waals surface area contributed by atoms with Crippen molar-refractivity contribution in [2.45, 2.75) is 12.5 Å². The number of halogens is 2. The van der Waals surface area contributed by atoms with Crippen LogP contribution >= 0.6 is 15.9 Å². The Labute approximate surface area is 134 Å². The van der Waals surface area contributed by atoms with Crippen LogP contribution in [0.5, 0.6) is 0 Å². The largest absolute Gasteiger partial charge is 0.378 e. The molecule has 0 aliphatic carbocycles. The van der Waals surface area contributed by atoms with Gasteiger partial charge in [-0.1, -0.05) is 34.1 Å². The van der Waals surface area contributed by atoms with Crippen LogP contribution in [-0.2, 0) is 6.42 Å². The summed E-state index contributed by atoms with van der Waals surface area (Å²) in [5.41, 5.74) is 3.48. The molecular weight excluding hydrogens is 331 g/mol. The molecule has 0 aliphatic heterocycles. The topological polar surface area (TPSA) is 15.3 Å². The predicted molar refractivity (Wildman–Crippen MR) is 90.4 cm³/mol. The average molecular weight is 351 g/mol. The third kappa shape index (κ3) is 4.05. The minimum atomic E-state index is -0.221. The molecule has 0 aliphatic rings. The summed E-state index contributed by atoms with van der Waals surface area (Å²) < 4.78 is 14.0. The second-order valence-electron chi connectivity index (χ2n) is 5.27. The second kappa shape index (κ2) is 7.05. The molecule has 0 fully saturated rings. The number of nitrogens with one attached hydrogen (secondary N) is 1. The van der Waals surface area contributed by atoms with E-state index in [4.69, 9.17) is 0 Å². The highest BCUT2D eigenvalue weighted by atomic mass is 79.9. The lowest BCUT2D eigenvalue weighted by Gasteiger charge is -2.20. The number of anilines is 1. The van der Waals surface area contributed by atoms with Gasteiger partial charge in [0.25, 0.3) is 0 Å². The van der Waals surface area contributed by atoms with Gasteiger partial charge in [0.15, 0.2) is 0 Å². The van der Waals surface area contributed by atoms with Gasteiger partial charge in [0, 0.05) is 30.3 Å². The van der Waals surface area contributed by atoms with Crippen LogP contribution in [0.3, 0.4) is 0 Å². The van der Waals surface area contributed by atoms with Crippen LogP contribution in [0.25, 0.3) is 0 Å². The van der Waals surface area contributed by atoms with Gasteiger partial charge in [0.2, 0.25) is 0 Å². The molecule has 21 heavy (non-hydrogen) atoms. The fourth-order valence-electron chi connectivity index (χ4n) is 2.31. The Kier molecular flexibility index (Phi) is 5.37. The Morgan fingerprint density at radius 1 is 1.19 bits per heavy atom. The van der Waals surface area contributed by atoms with E-state index in [-0.39, 0.29) is 11.9 Å². The van der Waals surface area contributed by atoms with E-state index in [2.05, 4.69) is 50.4 Å². The number of rotatable bonds is 5. The minimum Gasteiger partial charge on any atom is -0.378 e. The zero-order chi connectivity index (χ0) is 15.4. The molecule has 112 valence electrons. The molecule has 0 radical (unpaired) electrons. The van der Waals surface area contributed by atoms with Crippen LogP contribution in [0.4, 0.5) is 10.1 Å². The van der Waals surface area contributed by atoms with E-state index in [1.807, 2.05) is 27.2 Å². The Morgan fingerprint density at radius 2 is 1.95 bits per heavy atom. The highest BCUT2D eigenvalue weighted by molar-refractivity contribution is 9.10. The Hall–Kier alpha value is -1.39. The van der Waals surface area contributed by atoms with E-state index >= 15 is 0 Å². The molecule has 1 N–H and O–H groups in total. The van der Waals surface area contributed by atoms with Crippen molar-refractivity contribution >= 4 is 21.6 Å². The smallest absolute Gasteiger partial charge is 0.124 e.